The van der Waals surface area contributed by atoms with Gasteiger partial charge >= 0.3 is 5.97 Å². The first-order chi connectivity index (χ1) is 7.73. The highest BCUT2D eigenvalue weighted by molar-refractivity contribution is 5.95. The summed E-state index contributed by atoms with van der Waals surface area (Å²) in [6, 6.07) is 4.90. The number of rotatable bonds is 0. The lowest BCUT2D eigenvalue weighted by Crippen LogP contribution is -2.34. The summed E-state index contributed by atoms with van der Waals surface area (Å²) in [6.07, 6.45) is 0.280. The molecule has 0 saturated carbocycles. The van der Waals surface area contributed by atoms with Crippen molar-refractivity contribution in [1.82, 2.24) is 0 Å². The Bertz CT molecular complexity index is 474. The lowest BCUT2D eigenvalue weighted by Gasteiger charge is -2.30. The largest absolute Gasteiger partial charge is 0.507 e. The van der Waals surface area contributed by atoms with Gasteiger partial charge in [-0.15, -0.1) is 0 Å². The van der Waals surface area contributed by atoms with E-state index in [0.717, 1.165) is 0 Å². The highest BCUT2D eigenvalue weighted by Crippen LogP contribution is 2.41. The van der Waals surface area contributed by atoms with Crippen molar-refractivity contribution in [2.24, 2.45) is 0 Å². The number of phenolic OH excluding ortho intramolecular Hbond substituents is 1. The van der Waals surface area contributed by atoms with E-state index in [0.29, 0.717) is 5.56 Å². The second-order valence-corrected chi connectivity index (χ2v) is 5.32. The molecule has 4 heteroatoms. The van der Waals surface area contributed by atoms with E-state index in [1.54, 1.807) is 12.1 Å². The smallest absolute Gasteiger partial charge is 0.344 e. The van der Waals surface area contributed by atoms with Gasteiger partial charge in [-0.05, 0) is 17.0 Å². The molecular weight excluding hydrogens is 220 g/mol. The maximum absolute atomic E-state index is 11.9. The van der Waals surface area contributed by atoms with Gasteiger partial charge in [0.2, 0.25) is 5.79 Å². The van der Waals surface area contributed by atoms with Crippen molar-refractivity contribution in [2.45, 2.75) is 38.4 Å². The van der Waals surface area contributed by atoms with Crippen LogP contribution in [0.15, 0.2) is 18.2 Å². The zero-order valence-corrected chi connectivity index (χ0v) is 10.2. The van der Waals surface area contributed by atoms with Crippen molar-refractivity contribution in [3.63, 3.8) is 0 Å². The maximum atomic E-state index is 11.9. The standard InChI is InChI=1S/C13H16O4/c1-12(2)7-13(3,16)17-11(15)10-8(12)5-4-6-9(10)14/h4-6,14,16H,7H2,1-3H3. The van der Waals surface area contributed by atoms with Crippen LogP contribution in [-0.4, -0.2) is 22.0 Å². The molecule has 1 aliphatic rings. The van der Waals surface area contributed by atoms with Gasteiger partial charge in [0.25, 0.3) is 0 Å². The molecule has 1 aliphatic heterocycles. The van der Waals surface area contributed by atoms with Crippen molar-refractivity contribution in [1.29, 1.82) is 0 Å². The number of hydrogen-bond donors (Lipinski definition) is 2. The van der Waals surface area contributed by atoms with E-state index in [1.165, 1.54) is 13.0 Å². The second kappa shape index (κ2) is 3.47. The number of ether oxygens (including phenoxy) is 1. The van der Waals surface area contributed by atoms with Crippen LogP contribution >= 0.6 is 0 Å². The van der Waals surface area contributed by atoms with Crippen LogP contribution < -0.4 is 0 Å². The van der Waals surface area contributed by atoms with E-state index in [9.17, 15) is 15.0 Å². The number of benzene rings is 1. The number of carbonyl (C=O) groups is 1. The number of cyclic esters (lactones) is 1. The fraction of sp³-hybridized carbons (Fsp3) is 0.462. The van der Waals surface area contributed by atoms with Gasteiger partial charge in [0, 0.05) is 13.3 Å². The molecule has 17 heavy (non-hydrogen) atoms. The fourth-order valence-electron chi connectivity index (χ4n) is 2.52. The summed E-state index contributed by atoms with van der Waals surface area (Å²) in [5.74, 6) is -2.32. The molecular formula is C13H16O4. The highest BCUT2D eigenvalue weighted by atomic mass is 16.7. The Morgan fingerprint density at radius 1 is 1.29 bits per heavy atom. The first kappa shape index (κ1) is 11.9. The van der Waals surface area contributed by atoms with Gasteiger partial charge in [0.05, 0.1) is 0 Å². The SMILES string of the molecule is CC1(O)CC(C)(C)c2cccc(O)c2C(=O)O1. The number of carbonyl (C=O) groups excluding carboxylic acids is 1. The van der Waals surface area contributed by atoms with Crippen LogP contribution in [0.1, 0.15) is 43.1 Å². The van der Waals surface area contributed by atoms with Gasteiger partial charge in [0.1, 0.15) is 11.3 Å². The van der Waals surface area contributed by atoms with E-state index in [-0.39, 0.29) is 17.7 Å². The minimum absolute atomic E-state index is 0.113. The molecule has 1 aromatic rings. The molecule has 0 amide bonds. The molecule has 4 nitrogen and oxygen atoms in total. The van der Waals surface area contributed by atoms with E-state index >= 15 is 0 Å². The fourth-order valence-corrected chi connectivity index (χ4v) is 2.52. The molecule has 2 N–H and O–H groups in total. The number of aromatic hydroxyl groups is 1. The molecule has 0 bridgehead atoms. The van der Waals surface area contributed by atoms with Crippen molar-refractivity contribution in [3.8, 4) is 5.75 Å². The third-order valence-electron chi connectivity index (χ3n) is 3.06. The monoisotopic (exact) mass is 236 g/mol. The Balaban J connectivity index is 2.67. The molecule has 1 atom stereocenters. The molecule has 1 unspecified atom stereocenters. The summed E-state index contributed by atoms with van der Waals surface area (Å²) in [6.45, 7) is 5.26. The Labute approximate surface area is 99.8 Å². The quantitative estimate of drug-likeness (QED) is 0.675. The van der Waals surface area contributed by atoms with Crippen LogP contribution in [0.2, 0.25) is 0 Å². The molecule has 0 spiro atoms. The summed E-state index contributed by atoms with van der Waals surface area (Å²) < 4.78 is 5.00. The summed E-state index contributed by atoms with van der Waals surface area (Å²) in [7, 11) is 0. The van der Waals surface area contributed by atoms with Gasteiger partial charge in [-0.3, -0.25) is 0 Å². The van der Waals surface area contributed by atoms with Crippen LogP contribution in [0.25, 0.3) is 0 Å². The molecule has 92 valence electrons. The van der Waals surface area contributed by atoms with E-state index in [1.807, 2.05) is 13.8 Å². The number of esters is 1. The Hall–Kier alpha value is -1.55. The lowest BCUT2D eigenvalue weighted by atomic mass is 9.77. The van der Waals surface area contributed by atoms with Crippen molar-refractivity contribution >= 4 is 5.97 Å². The Morgan fingerprint density at radius 2 is 1.94 bits per heavy atom. The first-order valence-electron chi connectivity index (χ1n) is 5.51. The molecule has 1 aromatic carbocycles. The minimum atomic E-state index is -1.52. The molecule has 0 aliphatic carbocycles. The van der Waals surface area contributed by atoms with Crippen LogP contribution in [0.3, 0.4) is 0 Å². The topological polar surface area (TPSA) is 66.8 Å². The van der Waals surface area contributed by atoms with Crippen LogP contribution in [0, 0.1) is 0 Å². The number of phenols is 1. The summed E-state index contributed by atoms with van der Waals surface area (Å²) in [4.78, 5) is 11.9. The molecule has 0 fully saturated rings. The van der Waals surface area contributed by atoms with Gasteiger partial charge in [-0.2, -0.15) is 0 Å². The molecule has 0 radical (unpaired) electrons. The summed E-state index contributed by atoms with van der Waals surface area (Å²) >= 11 is 0. The maximum Gasteiger partial charge on any atom is 0.344 e. The predicted molar refractivity (Wildman–Crippen MR) is 61.8 cm³/mol. The van der Waals surface area contributed by atoms with E-state index in [2.05, 4.69) is 0 Å². The minimum Gasteiger partial charge on any atom is -0.507 e. The van der Waals surface area contributed by atoms with Crippen LogP contribution in [-0.2, 0) is 10.2 Å². The zero-order chi connectivity index (χ0) is 12.8. The Kier molecular flexibility index (Phi) is 2.43. The van der Waals surface area contributed by atoms with Crippen molar-refractivity contribution < 1.29 is 19.7 Å². The molecule has 2 rings (SSSR count). The zero-order valence-electron chi connectivity index (χ0n) is 10.2. The molecule has 0 saturated heterocycles. The van der Waals surface area contributed by atoms with Crippen LogP contribution in [0.5, 0.6) is 5.75 Å². The average Bonchev–Trinajstić information content (AvgIpc) is 2.19. The average molecular weight is 236 g/mol. The lowest BCUT2D eigenvalue weighted by molar-refractivity contribution is -0.161. The third kappa shape index (κ3) is 2.00. The summed E-state index contributed by atoms with van der Waals surface area (Å²) in [5, 5.41) is 19.8. The second-order valence-electron chi connectivity index (χ2n) is 5.32. The normalized spacial score (nSPS) is 26.9. The van der Waals surface area contributed by atoms with Crippen molar-refractivity contribution in [3.05, 3.63) is 29.3 Å². The predicted octanol–water partition coefficient (Wildman–Crippen LogP) is 1.94. The number of hydrogen-bond acceptors (Lipinski definition) is 4. The van der Waals surface area contributed by atoms with E-state index < -0.39 is 17.2 Å². The van der Waals surface area contributed by atoms with E-state index in [4.69, 9.17) is 4.74 Å². The number of fused-ring (bicyclic) bond motifs is 1. The molecule has 1 heterocycles. The third-order valence-corrected chi connectivity index (χ3v) is 3.06. The Morgan fingerprint density at radius 3 is 2.59 bits per heavy atom. The van der Waals surface area contributed by atoms with Gasteiger partial charge in [0.15, 0.2) is 0 Å². The van der Waals surface area contributed by atoms with Crippen molar-refractivity contribution in [2.75, 3.05) is 0 Å². The van der Waals surface area contributed by atoms with Gasteiger partial charge < -0.3 is 14.9 Å². The summed E-state index contributed by atoms with van der Waals surface area (Å²) in [5.41, 5.74) is 0.388. The highest BCUT2D eigenvalue weighted by Gasteiger charge is 2.42. The molecule has 0 aromatic heterocycles. The van der Waals surface area contributed by atoms with Gasteiger partial charge in [-0.25, -0.2) is 4.79 Å². The van der Waals surface area contributed by atoms with Gasteiger partial charge in [-0.1, -0.05) is 26.0 Å². The first-order valence-corrected chi connectivity index (χ1v) is 5.51. The number of aliphatic hydroxyl groups is 1. The van der Waals surface area contributed by atoms with Crippen LogP contribution in [0.4, 0.5) is 0 Å².